The molecule has 334 valence electrons. The molecular formula is C45H89O10P. The number of hydrogen-bond donors (Lipinski definition) is 3. The number of unbranched alkanes of at least 4 members (excludes halogenated alkanes) is 31. The van der Waals surface area contributed by atoms with E-state index in [1.54, 1.807) is 0 Å². The Kier molecular flexibility index (Phi) is 41.3. The largest absolute Gasteiger partial charge is 0.472 e. The summed E-state index contributed by atoms with van der Waals surface area (Å²) in [6.45, 7) is 2.26. The highest BCUT2D eigenvalue weighted by atomic mass is 31.2. The van der Waals surface area contributed by atoms with Gasteiger partial charge in [-0.05, 0) is 12.8 Å². The van der Waals surface area contributed by atoms with Crippen LogP contribution in [0.2, 0.25) is 0 Å². The Morgan fingerprint density at radius 1 is 0.411 bits per heavy atom. The highest BCUT2D eigenvalue weighted by Gasteiger charge is 2.27. The van der Waals surface area contributed by atoms with Gasteiger partial charge in [0, 0.05) is 12.8 Å². The molecular weight excluding hydrogens is 731 g/mol. The highest BCUT2D eigenvalue weighted by molar-refractivity contribution is 7.47. The summed E-state index contributed by atoms with van der Waals surface area (Å²) in [5.41, 5.74) is 0. The van der Waals surface area contributed by atoms with E-state index in [2.05, 4.69) is 13.8 Å². The standard InChI is InChI=1S/C45H89O10P/c1-3-5-7-9-11-13-15-17-18-19-20-21-22-23-25-27-29-31-33-35-37-45(49)55-43(39-47)41-53-56(50,51)52-40-42(38-46)54-44(48)36-34-32-30-28-26-24-16-14-12-10-8-6-4-2/h42-43,46-47H,3-41H2,1-2H3,(H,50,51). The molecule has 0 heterocycles. The first kappa shape index (κ1) is 55.0. The van der Waals surface area contributed by atoms with E-state index in [9.17, 15) is 29.3 Å². The summed E-state index contributed by atoms with van der Waals surface area (Å²) in [4.78, 5) is 34.5. The van der Waals surface area contributed by atoms with Crippen molar-refractivity contribution >= 4 is 19.8 Å². The molecule has 0 aliphatic heterocycles. The quantitative estimate of drug-likeness (QED) is 0.0308. The van der Waals surface area contributed by atoms with Crippen LogP contribution in [0.4, 0.5) is 0 Å². The minimum absolute atomic E-state index is 0.199. The Balaban J connectivity index is 3.82. The smallest absolute Gasteiger partial charge is 0.457 e. The lowest BCUT2D eigenvalue weighted by Crippen LogP contribution is -2.28. The molecule has 56 heavy (non-hydrogen) atoms. The zero-order valence-corrected chi connectivity index (χ0v) is 37.3. The van der Waals surface area contributed by atoms with Gasteiger partial charge < -0.3 is 24.6 Å². The number of phosphoric ester groups is 1. The van der Waals surface area contributed by atoms with Crippen molar-refractivity contribution in [2.24, 2.45) is 0 Å². The van der Waals surface area contributed by atoms with Crippen LogP contribution in [-0.2, 0) is 32.7 Å². The molecule has 0 aromatic heterocycles. The molecule has 0 saturated heterocycles. The van der Waals surface area contributed by atoms with Gasteiger partial charge in [0.1, 0.15) is 12.2 Å². The van der Waals surface area contributed by atoms with Crippen molar-refractivity contribution in [3.63, 3.8) is 0 Å². The third kappa shape index (κ3) is 39.8. The summed E-state index contributed by atoms with van der Waals surface area (Å²) in [6.07, 6.45) is 39.3. The maximum Gasteiger partial charge on any atom is 0.472 e. The van der Waals surface area contributed by atoms with Crippen LogP contribution in [0.25, 0.3) is 0 Å². The van der Waals surface area contributed by atoms with Gasteiger partial charge in [0.05, 0.1) is 26.4 Å². The van der Waals surface area contributed by atoms with Gasteiger partial charge in [-0.25, -0.2) is 4.57 Å². The predicted octanol–water partition coefficient (Wildman–Crippen LogP) is 12.6. The molecule has 0 aliphatic carbocycles. The number of aliphatic hydroxyl groups is 2. The molecule has 0 bridgehead atoms. The first-order valence-corrected chi connectivity index (χ1v) is 25.0. The fourth-order valence-corrected chi connectivity index (χ4v) is 7.73. The van der Waals surface area contributed by atoms with Crippen LogP contribution in [0.15, 0.2) is 0 Å². The van der Waals surface area contributed by atoms with Crippen molar-refractivity contribution in [3.05, 3.63) is 0 Å². The van der Waals surface area contributed by atoms with E-state index in [0.29, 0.717) is 12.8 Å². The first-order chi connectivity index (χ1) is 27.3. The molecule has 3 N–H and O–H groups in total. The third-order valence-electron chi connectivity index (χ3n) is 10.6. The second kappa shape index (κ2) is 42.1. The molecule has 0 aromatic carbocycles. The van der Waals surface area contributed by atoms with Crippen molar-refractivity contribution in [1.29, 1.82) is 0 Å². The van der Waals surface area contributed by atoms with E-state index < -0.39 is 58.4 Å². The second-order valence-electron chi connectivity index (χ2n) is 16.1. The molecule has 0 amide bonds. The topological polar surface area (TPSA) is 149 Å². The molecule has 0 saturated carbocycles. The molecule has 3 atom stereocenters. The maximum atomic E-state index is 12.4. The number of phosphoric acid groups is 1. The average Bonchev–Trinajstić information content (AvgIpc) is 3.19. The van der Waals surface area contributed by atoms with Gasteiger partial charge in [0.15, 0.2) is 0 Å². The Hall–Kier alpha value is -1.03. The van der Waals surface area contributed by atoms with Crippen LogP contribution in [0.3, 0.4) is 0 Å². The van der Waals surface area contributed by atoms with E-state index in [-0.39, 0.29) is 12.8 Å². The summed E-state index contributed by atoms with van der Waals surface area (Å²) in [5, 5.41) is 19.2. The van der Waals surface area contributed by atoms with Gasteiger partial charge >= 0.3 is 19.8 Å². The number of hydrogen-bond acceptors (Lipinski definition) is 9. The van der Waals surface area contributed by atoms with Gasteiger partial charge in [0.25, 0.3) is 0 Å². The van der Waals surface area contributed by atoms with Crippen molar-refractivity contribution in [2.45, 2.75) is 251 Å². The van der Waals surface area contributed by atoms with Crippen molar-refractivity contribution < 1.29 is 47.8 Å². The lowest BCUT2D eigenvalue weighted by atomic mass is 10.0. The van der Waals surface area contributed by atoms with Crippen LogP contribution in [-0.4, -0.2) is 65.7 Å². The summed E-state index contributed by atoms with van der Waals surface area (Å²) >= 11 is 0. The third-order valence-corrected chi connectivity index (χ3v) is 11.5. The molecule has 10 nitrogen and oxygen atoms in total. The molecule has 0 aromatic rings. The van der Waals surface area contributed by atoms with Crippen molar-refractivity contribution in [1.82, 2.24) is 0 Å². The fraction of sp³-hybridized carbons (Fsp3) is 0.956. The summed E-state index contributed by atoms with van der Waals surface area (Å²) in [6, 6.07) is 0. The van der Waals surface area contributed by atoms with Crippen molar-refractivity contribution in [3.8, 4) is 0 Å². The number of carbonyl (C=O) groups is 2. The lowest BCUT2D eigenvalue weighted by Gasteiger charge is -2.20. The Bertz CT molecular complexity index is 904. The Labute approximate surface area is 344 Å². The maximum absolute atomic E-state index is 12.4. The SMILES string of the molecule is CCCCCCCCCCCCCCCCCCCCCCC(=O)OC(CO)COP(=O)(O)OCC(CO)OC(=O)CCCCCCCCCCCCCCC. The zero-order valence-electron chi connectivity index (χ0n) is 36.4. The Morgan fingerprint density at radius 3 is 0.839 bits per heavy atom. The van der Waals surface area contributed by atoms with Gasteiger partial charge in [-0.1, -0.05) is 213 Å². The Morgan fingerprint density at radius 2 is 0.625 bits per heavy atom. The molecule has 0 fully saturated rings. The van der Waals surface area contributed by atoms with Crippen molar-refractivity contribution in [2.75, 3.05) is 26.4 Å². The van der Waals surface area contributed by atoms with Crippen LogP contribution in [0, 0.1) is 0 Å². The van der Waals surface area contributed by atoms with E-state index in [0.717, 1.165) is 38.5 Å². The van der Waals surface area contributed by atoms with Gasteiger partial charge in [-0.15, -0.1) is 0 Å². The second-order valence-corrected chi connectivity index (χ2v) is 17.6. The molecule has 0 aliphatic rings. The number of aliphatic hydroxyl groups excluding tert-OH is 2. The predicted molar refractivity (Wildman–Crippen MR) is 229 cm³/mol. The van der Waals surface area contributed by atoms with Crippen LogP contribution in [0.5, 0.6) is 0 Å². The van der Waals surface area contributed by atoms with E-state index in [4.69, 9.17) is 18.5 Å². The van der Waals surface area contributed by atoms with E-state index >= 15 is 0 Å². The molecule has 0 rings (SSSR count). The molecule has 3 unspecified atom stereocenters. The fourth-order valence-electron chi connectivity index (χ4n) is 6.94. The summed E-state index contributed by atoms with van der Waals surface area (Å²) < 4.78 is 32.6. The van der Waals surface area contributed by atoms with Gasteiger partial charge in [0.2, 0.25) is 0 Å². The highest BCUT2D eigenvalue weighted by Crippen LogP contribution is 2.43. The van der Waals surface area contributed by atoms with Gasteiger partial charge in [-0.3, -0.25) is 18.6 Å². The van der Waals surface area contributed by atoms with Crippen LogP contribution in [0.1, 0.15) is 239 Å². The summed E-state index contributed by atoms with van der Waals surface area (Å²) in [5.74, 6) is -1.00. The van der Waals surface area contributed by atoms with E-state index in [1.165, 1.54) is 161 Å². The number of rotatable bonds is 45. The molecule has 11 heteroatoms. The average molecular weight is 821 g/mol. The number of ether oxygens (including phenoxy) is 2. The normalized spacial score (nSPS) is 13.7. The monoisotopic (exact) mass is 821 g/mol. The summed E-state index contributed by atoms with van der Waals surface area (Å²) in [7, 11) is -4.63. The minimum atomic E-state index is -4.63. The number of esters is 2. The lowest BCUT2D eigenvalue weighted by molar-refractivity contribution is -0.153. The minimum Gasteiger partial charge on any atom is -0.457 e. The van der Waals surface area contributed by atoms with Gasteiger partial charge in [-0.2, -0.15) is 0 Å². The van der Waals surface area contributed by atoms with E-state index in [1.807, 2.05) is 0 Å². The van der Waals surface area contributed by atoms with Crippen LogP contribution >= 0.6 is 7.82 Å². The molecule has 0 spiro atoms. The molecule has 0 radical (unpaired) electrons. The first-order valence-electron chi connectivity index (χ1n) is 23.5. The number of carbonyl (C=O) groups excluding carboxylic acids is 2. The van der Waals surface area contributed by atoms with Crippen LogP contribution < -0.4 is 0 Å². The zero-order chi connectivity index (χ0) is 41.2.